The van der Waals surface area contributed by atoms with Crippen LogP contribution in [-0.4, -0.2) is 65.6 Å². The average molecular weight is 472 g/mol. The van der Waals surface area contributed by atoms with Crippen molar-refractivity contribution in [2.75, 3.05) is 36.4 Å². The van der Waals surface area contributed by atoms with E-state index in [1.807, 2.05) is 44.0 Å². The van der Waals surface area contributed by atoms with Crippen LogP contribution in [0.15, 0.2) is 18.3 Å². The molecule has 34 heavy (non-hydrogen) atoms. The van der Waals surface area contributed by atoms with Crippen molar-refractivity contribution >= 4 is 29.4 Å². The highest BCUT2D eigenvalue weighted by molar-refractivity contribution is 6.01. The second-order valence-electron chi connectivity index (χ2n) is 10.7. The fraction of sp³-hybridized carbons (Fsp3) is 0.680. The molecule has 3 saturated heterocycles. The molecule has 0 aromatic carbocycles. The van der Waals surface area contributed by atoms with Gasteiger partial charge in [0.1, 0.15) is 17.5 Å². The summed E-state index contributed by atoms with van der Waals surface area (Å²) in [5.74, 6) is 1.49. The molecule has 1 atom stereocenters. The van der Waals surface area contributed by atoms with Crippen molar-refractivity contribution in [2.24, 2.45) is 11.8 Å². The molecule has 3 fully saturated rings. The number of pyridine rings is 1. The molecule has 3 aliphatic heterocycles. The Hall–Kier alpha value is -2.84. The van der Waals surface area contributed by atoms with Crippen LogP contribution in [0.2, 0.25) is 0 Å². The molecular weight excluding hydrogens is 434 g/mol. The van der Waals surface area contributed by atoms with E-state index in [-0.39, 0.29) is 17.9 Å². The number of rotatable bonds is 4. The molecule has 4 heterocycles. The number of hydrogen-bond acceptors (Lipinski definition) is 7. The molecule has 0 bridgehead atoms. The van der Waals surface area contributed by atoms with Crippen LogP contribution in [0.1, 0.15) is 59.3 Å². The molecular formula is C25H37N5O4. The maximum Gasteiger partial charge on any atom is 0.410 e. The van der Waals surface area contributed by atoms with Crippen LogP contribution in [0.25, 0.3) is 0 Å². The van der Waals surface area contributed by atoms with Crippen molar-refractivity contribution in [3.63, 3.8) is 0 Å². The number of piperidine rings is 3. The van der Waals surface area contributed by atoms with Gasteiger partial charge in [0.05, 0.1) is 11.9 Å². The zero-order chi connectivity index (χ0) is 24.3. The number of carbonyl (C=O) groups excluding carboxylic acids is 3. The van der Waals surface area contributed by atoms with E-state index in [2.05, 4.69) is 20.5 Å². The van der Waals surface area contributed by atoms with E-state index in [1.165, 1.54) is 0 Å². The van der Waals surface area contributed by atoms with Gasteiger partial charge in [0.15, 0.2) is 0 Å². The quantitative estimate of drug-likeness (QED) is 0.650. The molecule has 1 unspecified atom stereocenters. The lowest BCUT2D eigenvalue weighted by Gasteiger charge is -2.41. The maximum atomic E-state index is 12.3. The van der Waals surface area contributed by atoms with E-state index in [0.29, 0.717) is 30.5 Å². The normalized spacial score (nSPS) is 23.0. The lowest BCUT2D eigenvalue weighted by molar-refractivity contribution is -0.133. The number of imide groups is 1. The number of nitrogens with one attached hydrogen (secondary N) is 2. The van der Waals surface area contributed by atoms with Gasteiger partial charge in [-0.3, -0.25) is 14.9 Å². The van der Waals surface area contributed by atoms with E-state index in [9.17, 15) is 14.4 Å². The number of likely N-dealkylation sites (tertiary alicyclic amines) is 1. The van der Waals surface area contributed by atoms with Crippen LogP contribution < -0.4 is 15.5 Å². The van der Waals surface area contributed by atoms with Gasteiger partial charge < -0.3 is 19.9 Å². The van der Waals surface area contributed by atoms with Gasteiger partial charge >= 0.3 is 6.09 Å². The van der Waals surface area contributed by atoms with Crippen molar-refractivity contribution in [3.8, 4) is 0 Å². The molecule has 9 heteroatoms. The number of ether oxygens (including phenoxy) is 1. The highest BCUT2D eigenvalue weighted by Crippen LogP contribution is 2.34. The van der Waals surface area contributed by atoms with Crippen LogP contribution in [0.3, 0.4) is 0 Å². The summed E-state index contributed by atoms with van der Waals surface area (Å²) in [5.41, 5.74) is 0.640. The van der Waals surface area contributed by atoms with Gasteiger partial charge in [-0.2, -0.15) is 0 Å². The first kappa shape index (κ1) is 24.3. The summed E-state index contributed by atoms with van der Waals surface area (Å²) in [6, 6.07) is 3.52. The predicted molar refractivity (Wildman–Crippen MR) is 129 cm³/mol. The molecule has 0 radical (unpaired) electrons. The average Bonchev–Trinajstić information content (AvgIpc) is 2.81. The highest BCUT2D eigenvalue weighted by Gasteiger charge is 2.32. The number of amides is 3. The zero-order valence-corrected chi connectivity index (χ0v) is 20.5. The summed E-state index contributed by atoms with van der Waals surface area (Å²) >= 11 is 0. The molecule has 0 spiro atoms. The summed E-state index contributed by atoms with van der Waals surface area (Å²) in [6.07, 6.45) is 6.88. The fourth-order valence-corrected chi connectivity index (χ4v) is 5.18. The summed E-state index contributed by atoms with van der Waals surface area (Å²) in [6.45, 7) is 9.28. The van der Waals surface area contributed by atoms with Gasteiger partial charge in [-0.15, -0.1) is 0 Å². The van der Waals surface area contributed by atoms with Crippen molar-refractivity contribution in [2.45, 2.75) is 70.9 Å². The van der Waals surface area contributed by atoms with Crippen molar-refractivity contribution < 1.29 is 19.1 Å². The van der Waals surface area contributed by atoms with E-state index in [4.69, 9.17) is 4.74 Å². The Morgan fingerprint density at radius 2 is 1.68 bits per heavy atom. The first-order valence-electron chi connectivity index (χ1n) is 12.5. The molecule has 1 aromatic rings. The van der Waals surface area contributed by atoms with Gasteiger partial charge in [0, 0.05) is 32.6 Å². The van der Waals surface area contributed by atoms with E-state index in [1.54, 1.807) is 0 Å². The summed E-state index contributed by atoms with van der Waals surface area (Å²) in [4.78, 5) is 44.3. The van der Waals surface area contributed by atoms with Crippen LogP contribution in [0.5, 0.6) is 0 Å². The highest BCUT2D eigenvalue weighted by atomic mass is 16.6. The minimum absolute atomic E-state index is 0.191. The predicted octanol–water partition coefficient (Wildman–Crippen LogP) is 3.16. The van der Waals surface area contributed by atoms with Gasteiger partial charge in [-0.05, 0) is 76.8 Å². The zero-order valence-electron chi connectivity index (χ0n) is 20.5. The molecule has 0 aliphatic carbocycles. The lowest BCUT2D eigenvalue weighted by atomic mass is 9.79. The Morgan fingerprint density at radius 1 is 1.03 bits per heavy atom. The molecule has 3 amide bonds. The van der Waals surface area contributed by atoms with Crippen molar-refractivity contribution in [1.29, 1.82) is 0 Å². The molecule has 186 valence electrons. The standard InChI is InChI=1S/C25H37N5O4/c1-25(2,3)34-24(33)30-14-10-18(11-15-30)17-8-12-29(13-9-17)19-4-6-21(26-16-19)27-20-5-7-22(31)28-23(20)32/h4,6,16-18,20H,5,7-15H2,1-3H3,(H,26,27)(H,28,31,32). The van der Waals surface area contributed by atoms with Crippen LogP contribution in [0, 0.1) is 11.8 Å². The van der Waals surface area contributed by atoms with Crippen LogP contribution >= 0.6 is 0 Å². The topological polar surface area (TPSA) is 104 Å². The SMILES string of the molecule is CC(C)(C)OC(=O)N1CCC(C2CCN(c3ccc(NC4CCC(=O)NC4=O)nc3)CC2)CC1. The third-order valence-electron chi connectivity index (χ3n) is 7.07. The Kier molecular flexibility index (Phi) is 7.28. The first-order chi connectivity index (χ1) is 16.2. The number of nitrogens with zero attached hydrogens (tertiary/aromatic N) is 3. The minimum Gasteiger partial charge on any atom is -0.444 e. The fourth-order valence-electron chi connectivity index (χ4n) is 5.18. The second-order valence-corrected chi connectivity index (χ2v) is 10.7. The van der Waals surface area contributed by atoms with E-state index < -0.39 is 11.6 Å². The molecule has 3 aliphatic rings. The summed E-state index contributed by atoms with van der Waals surface area (Å²) < 4.78 is 5.52. The summed E-state index contributed by atoms with van der Waals surface area (Å²) in [7, 11) is 0. The van der Waals surface area contributed by atoms with Crippen LogP contribution in [-0.2, 0) is 14.3 Å². The molecule has 4 rings (SSSR count). The maximum absolute atomic E-state index is 12.3. The van der Waals surface area contributed by atoms with Gasteiger partial charge in [-0.25, -0.2) is 9.78 Å². The van der Waals surface area contributed by atoms with Gasteiger partial charge in [0.2, 0.25) is 11.8 Å². The van der Waals surface area contributed by atoms with Gasteiger partial charge in [-0.1, -0.05) is 0 Å². The number of aromatic nitrogens is 1. The van der Waals surface area contributed by atoms with Crippen LogP contribution in [0.4, 0.5) is 16.3 Å². The monoisotopic (exact) mass is 471 g/mol. The lowest BCUT2D eigenvalue weighted by Crippen LogP contribution is -2.47. The third-order valence-corrected chi connectivity index (χ3v) is 7.07. The number of carbonyl (C=O) groups is 3. The Labute approximate surface area is 201 Å². The minimum atomic E-state index is -0.450. The van der Waals surface area contributed by atoms with E-state index >= 15 is 0 Å². The largest absolute Gasteiger partial charge is 0.444 e. The molecule has 2 N–H and O–H groups in total. The third kappa shape index (κ3) is 6.18. The van der Waals surface area contributed by atoms with E-state index in [0.717, 1.165) is 57.5 Å². The summed E-state index contributed by atoms with van der Waals surface area (Å²) in [5, 5.41) is 5.48. The molecule has 1 aromatic heterocycles. The van der Waals surface area contributed by atoms with Gasteiger partial charge in [0.25, 0.3) is 0 Å². The second kappa shape index (κ2) is 10.2. The number of hydrogen-bond donors (Lipinski definition) is 2. The Morgan fingerprint density at radius 3 is 2.24 bits per heavy atom. The molecule has 0 saturated carbocycles. The Bertz CT molecular complexity index is 882. The van der Waals surface area contributed by atoms with Crippen molar-refractivity contribution in [3.05, 3.63) is 18.3 Å². The molecule has 9 nitrogen and oxygen atoms in total. The smallest absolute Gasteiger partial charge is 0.410 e. The first-order valence-corrected chi connectivity index (χ1v) is 12.5. The number of anilines is 2. The Balaban J connectivity index is 1.22. The van der Waals surface area contributed by atoms with Crippen molar-refractivity contribution in [1.82, 2.24) is 15.2 Å².